The van der Waals surface area contributed by atoms with E-state index >= 15 is 0 Å². The van der Waals surface area contributed by atoms with Gasteiger partial charge in [-0.25, -0.2) is 0 Å². The van der Waals surface area contributed by atoms with E-state index < -0.39 is 0 Å². The molecule has 0 aromatic carbocycles. The van der Waals surface area contributed by atoms with Gasteiger partial charge < -0.3 is 10.1 Å². The van der Waals surface area contributed by atoms with Crippen molar-refractivity contribution in [3.8, 4) is 0 Å². The summed E-state index contributed by atoms with van der Waals surface area (Å²) in [5.74, 6) is 0.979. The maximum Gasteiger partial charge on any atom is 0.308 e. The Kier molecular flexibility index (Phi) is 3.62. The number of carbonyl (C=O) groups is 1. The molecule has 0 aliphatic carbocycles. The van der Waals surface area contributed by atoms with Crippen molar-refractivity contribution in [2.24, 2.45) is 0 Å². The highest BCUT2D eigenvalue weighted by Gasteiger charge is 2.22. The zero-order valence-electron chi connectivity index (χ0n) is 8.42. The predicted molar refractivity (Wildman–Crippen MR) is 54.7 cm³/mol. The molecule has 1 aliphatic heterocycles. The quantitative estimate of drug-likeness (QED) is 0.688. The molecule has 4 heteroatoms. The highest BCUT2D eigenvalue weighted by Crippen LogP contribution is 2.18. The van der Waals surface area contributed by atoms with Gasteiger partial charge in [-0.05, 0) is 20.8 Å². The molecule has 3 nitrogen and oxygen atoms in total. The summed E-state index contributed by atoms with van der Waals surface area (Å²) in [6, 6.07) is 0. The molecular formula is C9H17NO2S. The van der Waals surface area contributed by atoms with E-state index in [1.54, 1.807) is 11.8 Å². The highest BCUT2D eigenvalue weighted by atomic mass is 32.2. The second-order valence-corrected chi connectivity index (χ2v) is 5.41. The summed E-state index contributed by atoms with van der Waals surface area (Å²) < 4.78 is 5.21. The van der Waals surface area contributed by atoms with E-state index in [2.05, 4.69) is 5.32 Å². The Morgan fingerprint density at radius 3 is 2.77 bits per heavy atom. The summed E-state index contributed by atoms with van der Waals surface area (Å²) in [5, 5.41) is 3.49. The van der Waals surface area contributed by atoms with Crippen LogP contribution in [0.3, 0.4) is 0 Å². The lowest BCUT2D eigenvalue weighted by Gasteiger charge is -2.20. The zero-order chi connectivity index (χ0) is 9.90. The van der Waals surface area contributed by atoms with Crippen LogP contribution in [0.2, 0.25) is 0 Å². The van der Waals surface area contributed by atoms with Gasteiger partial charge >= 0.3 is 5.97 Å². The summed E-state index contributed by atoms with van der Waals surface area (Å²) >= 11 is 1.78. The number of thioether (sulfide) groups is 1. The van der Waals surface area contributed by atoms with E-state index in [-0.39, 0.29) is 16.9 Å². The van der Waals surface area contributed by atoms with Crippen molar-refractivity contribution in [1.82, 2.24) is 5.32 Å². The molecule has 1 atom stereocenters. The molecule has 0 aromatic heterocycles. The average molecular weight is 203 g/mol. The van der Waals surface area contributed by atoms with Crippen LogP contribution in [0.1, 0.15) is 27.2 Å². The summed E-state index contributed by atoms with van der Waals surface area (Å²) in [6.07, 6.45) is 0.474. The fourth-order valence-electron chi connectivity index (χ4n) is 1.15. The normalized spacial score (nSPS) is 23.2. The lowest BCUT2D eigenvalue weighted by molar-refractivity contribution is -0.154. The summed E-state index contributed by atoms with van der Waals surface area (Å²) in [5.41, 5.74) is -0.361. The molecule has 0 aromatic rings. The SMILES string of the molecule is CC(C)(C)OC(=O)CC1NCCS1. The second-order valence-electron chi connectivity index (χ2n) is 4.10. The summed E-state index contributed by atoms with van der Waals surface area (Å²) in [7, 11) is 0. The smallest absolute Gasteiger partial charge is 0.308 e. The van der Waals surface area contributed by atoms with Gasteiger partial charge in [-0.2, -0.15) is 0 Å². The molecule has 1 rings (SSSR count). The minimum atomic E-state index is -0.361. The van der Waals surface area contributed by atoms with Gasteiger partial charge in [-0.15, -0.1) is 11.8 Å². The lowest BCUT2D eigenvalue weighted by Crippen LogP contribution is -2.29. The number of carbonyl (C=O) groups excluding carboxylic acids is 1. The Bertz CT molecular complexity index is 183. The van der Waals surface area contributed by atoms with E-state index in [0.29, 0.717) is 6.42 Å². The summed E-state index contributed by atoms with van der Waals surface area (Å²) in [6.45, 7) is 6.67. The molecule has 1 saturated heterocycles. The molecular weight excluding hydrogens is 186 g/mol. The van der Waals surface area contributed by atoms with Gasteiger partial charge in [0, 0.05) is 12.3 Å². The van der Waals surface area contributed by atoms with E-state index in [9.17, 15) is 4.79 Å². The van der Waals surface area contributed by atoms with Crippen LogP contribution in [0.5, 0.6) is 0 Å². The number of nitrogens with one attached hydrogen (secondary N) is 1. The fraction of sp³-hybridized carbons (Fsp3) is 0.889. The van der Waals surface area contributed by atoms with Crippen LogP contribution in [0.25, 0.3) is 0 Å². The molecule has 0 amide bonds. The molecule has 0 bridgehead atoms. The van der Waals surface area contributed by atoms with Crippen molar-refractivity contribution in [2.75, 3.05) is 12.3 Å². The maximum absolute atomic E-state index is 11.3. The van der Waals surface area contributed by atoms with Crippen molar-refractivity contribution < 1.29 is 9.53 Å². The number of ether oxygens (including phenoxy) is 1. The van der Waals surface area contributed by atoms with E-state index in [1.165, 1.54) is 0 Å². The van der Waals surface area contributed by atoms with Gasteiger partial charge in [0.25, 0.3) is 0 Å². The van der Waals surface area contributed by atoms with Gasteiger partial charge in [0.1, 0.15) is 5.60 Å². The van der Waals surface area contributed by atoms with Gasteiger partial charge in [0.15, 0.2) is 0 Å². The molecule has 1 aliphatic rings. The van der Waals surface area contributed by atoms with E-state index in [4.69, 9.17) is 4.74 Å². The van der Waals surface area contributed by atoms with Crippen LogP contribution in [-0.2, 0) is 9.53 Å². The molecule has 1 N–H and O–H groups in total. The zero-order valence-corrected chi connectivity index (χ0v) is 9.24. The topological polar surface area (TPSA) is 38.3 Å². The number of hydrogen-bond acceptors (Lipinski definition) is 4. The first kappa shape index (κ1) is 10.9. The van der Waals surface area contributed by atoms with Crippen LogP contribution in [0, 0.1) is 0 Å². The molecule has 1 heterocycles. The second kappa shape index (κ2) is 4.33. The maximum atomic E-state index is 11.3. The van der Waals surface area contributed by atoms with Crippen molar-refractivity contribution in [3.05, 3.63) is 0 Å². The lowest BCUT2D eigenvalue weighted by atomic mass is 10.2. The first-order chi connectivity index (χ1) is 5.97. The minimum Gasteiger partial charge on any atom is -0.460 e. The predicted octanol–water partition coefficient (Wildman–Crippen LogP) is 1.38. The van der Waals surface area contributed by atoms with Gasteiger partial charge in [-0.3, -0.25) is 4.79 Å². The number of esters is 1. The average Bonchev–Trinajstić information content (AvgIpc) is 2.34. The number of rotatable bonds is 2. The Labute approximate surface area is 83.6 Å². The molecule has 1 fully saturated rings. The van der Waals surface area contributed by atoms with Gasteiger partial charge in [0.05, 0.1) is 11.8 Å². The number of hydrogen-bond donors (Lipinski definition) is 1. The van der Waals surface area contributed by atoms with Crippen molar-refractivity contribution in [2.45, 2.75) is 38.2 Å². The third-order valence-electron chi connectivity index (χ3n) is 1.57. The minimum absolute atomic E-state index is 0.112. The van der Waals surface area contributed by atoms with Crippen molar-refractivity contribution in [1.29, 1.82) is 0 Å². The van der Waals surface area contributed by atoms with E-state index in [0.717, 1.165) is 12.3 Å². The first-order valence-electron chi connectivity index (χ1n) is 4.54. The van der Waals surface area contributed by atoms with Crippen molar-refractivity contribution >= 4 is 17.7 Å². The van der Waals surface area contributed by atoms with Crippen molar-refractivity contribution in [3.63, 3.8) is 0 Å². The highest BCUT2D eigenvalue weighted by molar-refractivity contribution is 8.00. The third kappa shape index (κ3) is 4.52. The third-order valence-corrected chi connectivity index (χ3v) is 2.74. The molecule has 76 valence electrons. The van der Waals surface area contributed by atoms with Crippen LogP contribution >= 0.6 is 11.8 Å². The first-order valence-corrected chi connectivity index (χ1v) is 5.59. The largest absolute Gasteiger partial charge is 0.460 e. The Morgan fingerprint density at radius 1 is 1.62 bits per heavy atom. The molecule has 0 radical (unpaired) electrons. The molecule has 0 spiro atoms. The molecule has 13 heavy (non-hydrogen) atoms. The van der Waals surface area contributed by atoms with Crippen LogP contribution in [0.4, 0.5) is 0 Å². The standard InChI is InChI=1S/C9H17NO2S/c1-9(2,3)12-8(11)6-7-10-4-5-13-7/h7,10H,4-6H2,1-3H3. The monoisotopic (exact) mass is 203 g/mol. The van der Waals surface area contributed by atoms with Gasteiger partial charge in [0.2, 0.25) is 0 Å². The van der Waals surface area contributed by atoms with Crippen LogP contribution in [-0.4, -0.2) is 29.2 Å². The Morgan fingerprint density at radius 2 is 2.31 bits per heavy atom. The summed E-state index contributed by atoms with van der Waals surface area (Å²) in [4.78, 5) is 11.3. The van der Waals surface area contributed by atoms with Crippen LogP contribution in [0.15, 0.2) is 0 Å². The van der Waals surface area contributed by atoms with E-state index in [1.807, 2.05) is 20.8 Å². The Balaban J connectivity index is 2.24. The van der Waals surface area contributed by atoms with Gasteiger partial charge in [-0.1, -0.05) is 0 Å². The van der Waals surface area contributed by atoms with Crippen LogP contribution < -0.4 is 5.32 Å². The molecule has 1 unspecified atom stereocenters. The fourth-order valence-corrected chi connectivity index (χ4v) is 2.16. The molecule has 0 saturated carbocycles. The Hall–Kier alpha value is -0.220.